The van der Waals surface area contributed by atoms with Crippen LogP contribution in [0.2, 0.25) is 0 Å². The molecule has 2 aromatic carbocycles. The molecule has 1 aliphatic heterocycles. The number of carbonyl (C=O) groups excluding carboxylic acids is 2. The highest BCUT2D eigenvalue weighted by Crippen LogP contribution is 2.34. The average Bonchev–Trinajstić information content (AvgIpc) is 3.10. The van der Waals surface area contributed by atoms with Crippen LogP contribution in [0.15, 0.2) is 42.5 Å². The Morgan fingerprint density at radius 3 is 2.46 bits per heavy atom. The van der Waals surface area contributed by atoms with Crippen LogP contribution in [0.4, 0.5) is 11.4 Å². The highest BCUT2D eigenvalue weighted by Gasteiger charge is 2.36. The van der Waals surface area contributed by atoms with Gasteiger partial charge in [0.15, 0.2) is 0 Å². The molecule has 0 unspecified atom stereocenters. The lowest BCUT2D eigenvalue weighted by atomic mass is 10.1. The lowest BCUT2D eigenvalue weighted by molar-refractivity contribution is -0.122. The third-order valence-corrected chi connectivity index (χ3v) is 4.57. The first-order chi connectivity index (χ1) is 13.5. The molecule has 0 saturated carbocycles. The van der Waals surface area contributed by atoms with E-state index in [1.54, 1.807) is 37.3 Å². The molecule has 0 bridgehead atoms. The number of anilines is 2. The molecule has 1 aliphatic rings. The molecule has 148 valence electrons. The van der Waals surface area contributed by atoms with E-state index in [0.29, 0.717) is 41.8 Å². The standard InChI is InChI=1S/C21H24N2O5/c1-4-28-19-8-6-5-7-18(19)23-13-14(9-20(23)24)21(25)22-15-10-16(26-2)12-17(11-15)27-3/h5-8,10-12,14H,4,9,13H2,1-3H3,(H,22,25)/t14-/m0/s1. The minimum absolute atomic E-state index is 0.101. The van der Waals surface area contributed by atoms with Crippen LogP contribution in [0.25, 0.3) is 0 Å². The Balaban J connectivity index is 1.74. The summed E-state index contributed by atoms with van der Waals surface area (Å²) in [5.74, 6) is 1.00. The van der Waals surface area contributed by atoms with Gasteiger partial charge in [-0.25, -0.2) is 0 Å². The molecule has 0 spiro atoms. The minimum atomic E-state index is -0.459. The zero-order valence-electron chi connectivity index (χ0n) is 16.2. The van der Waals surface area contributed by atoms with Crippen LogP contribution < -0.4 is 24.4 Å². The fourth-order valence-electron chi connectivity index (χ4n) is 3.20. The fourth-order valence-corrected chi connectivity index (χ4v) is 3.20. The molecule has 7 nitrogen and oxygen atoms in total. The predicted molar refractivity (Wildman–Crippen MR) is 106 cm³/mol. The molecular formula is C21H24N2O5. The summed E-state index contributed by atoms with van der Waals surface area (Å²) in [5, 5.41) is 2.86. The largest absolute Gasteiger partial charge is 0.497 e. The molecule has 28 heavy (non-hydrogen) atoms. The number of nitrogens with zero attached hydrogens (tertiary/aromatic N) is 1. The van der Waals surface area contributed by atoms with E-state index in [1.165, 1.54) is 0 Å². The summed E-state index contributed by atoms with van der Waals surface area (Å²) in [4.78, 5) is 26.9. The third kappa shape index (κ3) is 4.19. The van der Waals surface area contributed by atoms with Crippen molar-refractivity contribution in [2.75, 3.05) is 37.6 Å². The molecule has 2 aromatic rings. The molecule has 0 radical (unpaired) electrons. The van der Waals surface area contributed by atoms with Crippen LogP contribution in [0.3, 0.4) is 0 Å². The van der Waals surface area contributed by atoms with Crippen molar-refractivity contribution in [1.29, 1.82) is 0 Å². The first-order valence-corrected chi connectivity index (χ1v) is 9.11. The van der Waals surface area contributed by atoms with E-state index in [4.69, 9.17) is 14.2 Å². The summed E-state index contributed by atoms with van der Waals surface area (Å²) in [5.41, 5.74) is 1.24. The number of hydrogen-bond acceptors (Lipinski definition) is 5. The van der Waals surface area contributed by atoms with Crippen molar-refractivity contribution in [1.82, 2.24) is 0 Å². The summed E-state index contributed by atoms with van der Waals surface area (Å²) < 4.78 is 16.1. The van der Waals surface area contributed by atoms with Gasteiger partial charge in [-0.15, -0.1) is 0 Å². The molecule has 7 heteroatoms. The summed E-state index contributed by atoms with van der Waals surface area (Å²) >= 11 is 0. The van der Waals surface area contributed by atoms with Crippen molar-refractivity contribution in [3.05, 3.63) is 42.5 Å². The lowest BCUT2D eigenvalue weighted by Gasteiger charge is -2.20. The maximum atomic E-state index is 12.7. The van der Waals surface area contributed by atoms with Crippen LogP contribution in [0.5, 0.6) is 17.2 Å². The number of para-hydroxylation sites is 2. The maximum absolute atomic E-state index is 12.7. The average molecular weight is 384 g/mol. The second-order valence-corrected chi connectivity index (χ2v) is 6.40. The van der Waals surface area contributed by atoms with Gasteiger partial charge < -0.3 is 24.4 Å². The van der Waals surface area contributed by atoms with Crippen molar-refractivity contribution in [3.63, 3.8) is 0 Å². The number of methoxy groups -OCH3 is 2. The van der Waals surface area contributed by atoms with Crippen LogP contribution in [-0.4, -0.2) is 39.2 Å². The van der Waals surface area contributed by atoms with Gasteiger partial charge in [0.05, 0.1) is 32.4 Å². The summed E-state index contributed by atoms with van der Waals surface area (Å²) in [6.07, 6.45) is 0.146. The molecule has 1 saturated heterocycles. The molecule has 2 amide bonds. The van der Waals surface area contributed by atoms with Crippen molar-refractivity contribution in [2.45, 2.75) is 13.3 Å². The van der Waals surface area contributed by atoms with Gasteiger partial charge >= 0.3 is 0 Å². The van der Waals surface area contributed by atoms with Gasteiger partial charge in [-0.2, -0.15) is 0 Å². The van der Waals surface area contributed by atoms with Crippen LogP contribution in [0, 0.1) is 5.92 Å². The molecular weight excluding hydrogens is 360 g/mol. The van der Waals surface area contributed by atoms with Gasteiger partial charge in [-0.3, -0.25) is 9.59 Å². The van der Waals surface area contributed by atoms with Crippen LogP contribution in [-0.2, 0) is 9.59 Å². The van der Waals surface area contributed by atoms with Gasteiger partial charge in [0.25, 0.3) is 0 Å². The zero-order chi connectivity index (χ0) is 20.1. The van der Waals surface area contributed by atoms with E-state index in [2.05, 4.69) is 5.32 Å². The van der Waals surface area contributed by atoms with Crippen LogP contribution in [0.1, 0.15) is 13.3 Å². The SMILES string of the molecule is CCOc1ccccc1N1C[C@@H](C(=O)Nc2cc(OC)cc(OC)c2)CC1=O. The number of rotatable bonds is 7. The molecule has 0 aliphatic carbocycles. The summed E-state index contributed by atoms with van der Waals surface area (Å²) in [6.45, 7) is 2.69. The predicted octanol–water partition coefficient (Wildman–Crippen LogP) is 3.09. The normalized spacial score (nSPS) is 16.0. The molecule has 1 atom stereocenters. The summed E-state index contributed by atoms with van der Waals surface area (Å²) in [6, 6.07) is 12.5. The number of carbonyl (C=O) groups is 2. The van der Waals surface area contributed by atoms with Crippen molar-refractivity contribution >= 4 is 23.2 Å². The Labute approximate surface area is 164 Å². The van der Waals surface area contributed by atoms with E-state index in [0.717, 1.165) is 0 Å². The molecule has 1 N–H and O–H groups in total. The van der Waals surface area contributed by atoms with Crippen molar-refractivity contribution in [2.24, 2.45) is 5.92 Å². The monoisotopic (exact) mass is 384 g/mol. The van der Waals surface area contributed by atoms with Crippen molar-refractivity contribution in [3.8, 4) is 17.2 Å². The number of benzene rings is 2. The number of nitrogens with one attached hydrogen (secondary N) is 1. The highest BCUT2D eigenvalue weighted by atomic mass is 16.5. The van der Waals surface area contributed by atoms with Gasteiger partial charge in [-0.05, 0) is 19.1 Å². The van der Waals surface area contributed by atoms with Gasteiger partial charge in [0.1, 0.15) is 17.2 Å². The molecule has 1 fully saturated rings. The smallest absolute Gasteiger partial charge is 0.229 e. The maximum Gasteiger partial charge on any atom is 0.229 e. The Kier molecular flexibility index (Phi) is 6.03. The lowest BCUT2D eigenvalue weighted by Crippen LogP contribution is -2.28. The quantitative estimate of drug-likeness (QED) is 0.794. The van der Waals surface area contributed by atoms with Gasteiger partial charge in [0, 0.05) is 36.9 Å². The Hall–Kier alpha value is -3.22. The number of ether oxygens (including phenoxy) is 3. The molecule has 3 rings (SSSR count). The van der Waals surface area contributed by atoms with E-state index in [1.807, 2.05) is 31.2 Å². The fraction of sp³-hybridized carbons (Fsp3) is 0.333. The minimum Gasteiger partial charge on any atom is -0.497 e. The molecule has 1 heterocycles. The zero-order valence-corrected chi connectivity index (χ0v) is 16.2. The first-order valence-electron chi connectivity index (χ1n) is 9.11. The Morgan fingerprint density at radius 1 is 1.14 bits per heavy atom. The number of amides is 2. The van der Waals surface area contributed by atoms with Gasteiger partial charge in [-0.1, -0.05) is 12.1 Å². The van der Waals surface area contributed by atoms with Gasteiger partial charge in [0.2, 0.25) is 11.8 Å². The number of hydrogen-bond donors (Lipinski definition) is 1. The second kappa shape index (κ2) is 8.65. The van der Waals surface area contributed by atoms with Crippen molar-refractivity contribution < 1.29 is 23.8 Å². The highest BCUT2D eigenvalue weighted by molar-refractivity contribution is 6.04. The van der Waals surface area contributed by atoms with E-state index >= 15 is 0 Å². The first kappa shape index (κ1) is 19.5. The second-order valence-electron chi connectivity index (χ2n) is 6.40. The van der Waals surface area contributed by atoms with E-state index < -0.39 is 5.92 Å². The Bertz CT molecular complexity index is 845. The topological polar surface area (TPSA) is 77.1 Å². The third-order valence-electron chi connectivity index (χ3n) is 4.57. The Morgan fingerprint density at radius 2 is 1.82 bits per heavy atom. The summed E-state index contributed by atoms with van der Waals surface area (Å²) in [7, 11) is 3.09. The van der Waals surface area contributed by atoms with Crippen LogP contribution >= 0.6 is 0 Å². The van der Waals surface area contributed by atoms with E-state index in [9.17, 15) is 9.59 Å². The van der Waals surface area contributed by atoms with E-state index in [-0.39, 0.29) is 18.2 Å². The molecule has 0 aromatic heterocycles.